The molecule has 2 nitrogen and oxygen atoms in total. The Morgan fingerprint density at radius 3 is 2.50 bits per heavy atom. The Labute approximate surface area is 106 Å². The van der Waals surface area contributed by atoms with Gasteiger partial charge in [-0.15, -0.1) is 0 Å². The number of benzene rings is 1. The summed E-state index contributed by atoms with van der Waals surface area (Å²) < 4.78 is 0. The SMILES string of the molecule is CCN(CCBr)C(=O)c1ccc(C)c(C)c1. The number of carbonyl (C=O) groups excluding carboxylic acids is 1. The molecule has 88 valence electrons. The molecule has 0 aliphatic heterocycles. The summed E-state index contributed by atoms with van der Waals surface area (Å²) in [4.78, 5) is 14.0. The zero-order valence-electron chi connectivity index (χ0n) is 10.1. The van der Waals surface area contributed by atoms with Crippen molar-refractivity contribution in [3.63, 3.8) is 0 Å². The number of nitrogens with zero attached hydrogens (tertiary/aromatic N) is 1. The van der Waals surface area contributed by atoms with Crippen LogP contribution in [0.4, 0.5) is 0 Å². The van der Waals surface area contributed by atoms with E-state index >= 15 is 0 Å². The number of amides is 1. The standard InChI is InChI=1S/C13H18BrNO/c1-4-15(8-7-14)13(16)12-6-5-10(2)11(3)9-12/h5-6,9H,4,7-8H2,1-3H3. The largest absolute Gasteiger partial charge is 0.338 e. The zero-order valence-corrected chi connectivity index (χ0v) is 11.7. The summed E-state index contributed by atoms with van der Waals surface area (Å²) in [7, 11) is 0. The van der Waals surface area contributed by atoms with E-state index in [0.29, 0.717) is 0 Å². The Bertz CT molecular complexity index is 376. The van der Waals surface area contributed by atoms with E-state index in [2.05, 4.69) is 22.9 Å². The maximum atomic E-state index is 12.1. The summed E-state index contributed by atoms with van der Waals surface area (Å²) in [6.45, 7) is 7.59. The van der Waals surface area contributed by atoms with Gasteiger partial charge in [-0.3, -0.25) is 4.79 Å². The Morgan fingerprint density at radius 1 is 1.31 bits per heavy atom. The minimum Gasteiger partial charge on any atom is -0.338 e. The molecule has 0 radical (unpaired) electrons. The van der Waals surface area contributed by atoms with Gasteiger partial charge in [0.2, 0.25) is 0 Å². The van der Waals surface area contributed by atoms with E-state index < -0.39 is 0 Å². The number of hydrogen-bond acceptors (Lipinski definition) is 1. The van der Waals surface area contributed by atoms with Crippen LogP contribution in [0.3, 0.4) is 0 Å². The molecule has 1 aromatic carbocycles. The Balaban J connectivity index is 2.90. The van der Waals surface area contributed by atoms with E-state index in [9.17, 15) is 4.79 Å². The summed E-state index contributed by atoms with van der Waals surface area (Å²) in [6.07, 6.45) is 0. The van der Waals surface area contributed by atoms with Crippen molar-refractivity contribution >= 4 is 21.8 Å². The highest BCUT2D eigenvalue weighted by Crippen LogP contribution is 2.12. The predicted molar refractivity (Wildman–Crippen MR) is 71.3 cm³/mol. The molecule has 0 fully saturated rings. The minimum atomic E-state index is 0.116. The summed E-state index contributed by atoms with van der Waals surface area (Å²) in [5, 5.41) is 0.817. The van der Waals surface area contributed by atoms with E-state index in [-0.39, 0.29) is 5.91 Å². The summed E-state index contributed by atoms with van der Waals surface area (Å²) in [5.74, 6) is 0.116. The van der Waals surface area contributed by atoms with Gasteiger partial charge in [0.15, 0.2) is 0 Å². The van der Waals surface area contributed by atoms with Gasteiger partial charge in [0.05, 0.1) is 0 Å². The fourth-order valence-electron chi connectivity index (χ4n) is 1.56. The molecule has 0 unspecified atom stereocenters. The molecule has 0 atom stereocenters. The van der Waals surface area contributed by atoms with Crippen LogP contribution >= 0.6 is 15.9 Å². The van der Waals surface area contributed by atoms with Gasteiger partial charge in [0.1, 0.15) is 0 Å². The Hall–Kier alpha value is -0.830. The maximum Gasteiger partial charge on any atom is 0.253 e. The van der Waals surface area contributed by atoms with Gasteiger partial charge >= 0.3 is 0 Å². The molecule has 1 aromatic rings. The molecule has 0 heterocycles. The Morgan fingerprint density at radius 2 is 2.00 bits per heavy atom. The summed E-state index contributed by atoms with van der Waals surface area (Å²) >= 11 is 3.36. The van der Waals surface area contributed by atoms with Crippen molar-refractivity contribution in [3.8, 4) is 0 Å². The summed E-state index contributed by atoms with van der Waals surface area (Å²) in [6, 6.07) is 5.88. The van der Waals surface area contributed by atoms with Gasteiger partial charge in [-0.25, -0.2) is 0 Å². The lowest BCUT2D eigenvalue weighted by Gasteiger charge is -2.20. The molecule has 0 saturated heterocycles. The predicted octanol–water partition coefficient (Wildman–Crippen LogP) is 3.16. The minimum absolute atomic E-state index is 0.116. The molecule has 0 aromatic heterocycles. The third kappa shape index (κ3) is 3.08. The molecule has 0 saturated carbocycles. The maximum absolute atomic E-state index is 12.1. The van der Waals surface area contributed by atoms with E-state index in [1.54, 1.807) is 0 Å². The first-order valence-corrected chi connectivity index (χ1v) is 6.64. The van der Waals surface area contributed by atoms with E-state index in [1.165, 1.54) is 11.1 Å². The van der Waals surface area contributed by atoms with Crippen LogP contribution in [0.25, 0.3) is 0 Å². The molecule has 0 bridgehead atoms. The number of carbonyl (C=O) groups is 1. The summed E-state index contributed by atoms with van der Waals surface area (Å²) in [5.41, 5.74) is 3.17. The van der Waals surface area contributed by atoms with Crippen molar-refractivity contribution in [2.45, 2.75) is 20.8 Å². The molecule has 0 aliphatic rings. The molecule has 0 spiro atoms. The van der Waals surface area contributed by atoms with Gasteiger partial charge in [-0.2, -0.15) is 0 Å². The second kappa shape index (κ2) is 6.04. The van der Waals surface area contributed by atoms with Gasteiger partial charge < -0.3 is 4.90 Å². The second-order valence-corrected chi connectivity index (χ2v) is 4.67. The molecular formula is C13H18BrNO. The van der Waals surface area contributed by atoms with Crippen molar-refractivity contribution in [2.75, 3.05) is 18.4 Å². The van der Waals surface area contributed by atoms with Crippen LogP contribution in [0.2, 0.25) is 0 Å². The quantitative estimate of drug-likeness (QED) is 0.778. The van der Waals surface area contributed by atoms with Crippen LogP contribution in [0.15, 0.2) is 18.2 Å². The lowest BCUT2D eigenvalue weighted by molar-refractivity contribution is 0.0775. The molecular weight excluding hydrogens is 266 g/mol. The molecule has 1 amide bonds. The van der Waals surface area contributed by atoms with Crippen molar-refractivity contribution in [3.05, 3.63) is 34.9 Å². The highest BCUT2D eigenvalue weighted by atomic mass is 79.9. The molecule has 0 aliphatic carbocycles. The normalized spacial score (nSPS) is 10.2. The number of alkyl halides is 1. The fraction of sp³-hybridized carbons (Fsp3) is 0.462. The van der Waals surface area contributed by atoms with Crippen LogP contribution < -0.4 is 0 Å². The van der Waals surface area contributed by atoms with Crippen molar-refractivity contribution < 1.29 is 4.79 Å². The van der Waals surface area contributed by atoms with Crippen LogP contribution in [0.5, 0.6) is 0 Å². The molecule has 1 rings (SSSR count). The average molecular weight is 284 g/mol. The number of hydrogen-bond donors (Lipinski definition) is 0. The first-order chi connectivity index (χ1) is 7.60. The van der Waals surface area contributed by atoms with E-state index in [0.717, 1.165) is 24.0 Å². The number of halogens is 1. The lowest BCUT2D eigenvalue weighted by atomic mass is 10.1. The van der Waals surface area contributed by atoms with Crippen molar-refractivity contribution in [1.82, 2.24) is 4.90 Å². The smallest absolute Gasteiger partial charge is 0.253 e. The molecule has 16 heavy (non-hydrogen) atoms. The lowest BCUT2D eigenvalue weighted by Crippen LogP contribution is -2.32. The topological polar surface area (TPSA) is 20.3 Å². The first-order valence-electron chi connectivity index (χ1n) is 5.52. The molecule has 0 N–H and O–H groups in total. The van der Waals surface area contributed by atoms with Gasteiger partial charge in [0.25, 0.3) is 5.91 Å². The van der Waals surface area contributed by atoms with Crippen LogP contribution in [0, 0.1) is 13.8 Å². The van der Waals surface area contributed by atoms with Crippen LogP contribution in [-0.4, -0.2) is 29.2 Å². The highest BCUT2D eigenvalue weighted by Gasteiger charge is 2.13. The average Bonchev–Trinajstić information content (AvgIpc) is 2.28. The number of rotatable bonds is 4. The third-order valence-corrected chi connectivity index (χ3v) is 3.13. The second-order valence-electron chi connectivity index (χ2n) is 3.87. The first kappa shape index (κ1) is 13.2. The van der Waals surface area contributed by atoms with E-state index in [1.807, 2.05) is 36.9 Å². The van der Waals surface area contributed by atoms with Crippen LogP contribution in [-0.2, 0) is 0 Å². The number of aryl methyl sites for hydroxylation is 2. The van der Waals surface area contributed by atoms with Crippen molar-refractivity contribution in [1.29, 1.82) is 0 Å². The van der Waals surface area contributed by atoms with Crippen LogP contribution in [0.1, 0.15) is 28.4 Å². The van der Waals surface area contributed by atoms with E-state index in [4.69, 9.17) is 0 Å². The van der Waals surface area contributed by atoms with Crippen molar-refractivity contribution in [2.24, 2.45) is 0 Å². The fourth-order valence-corrected chi connectivity index (χ4v) is 1.99. The zero-order chi connectivity index (χ0) is 12.1. The highest BCUT2D eigenvalue weighted by molar-refractivity contribution is 9.09. The Kier molecular flexibility index (Phi) is 5.00. The van der Waals surface area contributed by atoms with Gasteiger partial charge in [-0.1, -0.05) is 22.0 Å². The molecule has 3 heteroatoms. The van der Waals surface area contributed by atoms with Gasteiger partial charge in [0, 0.05) is 24.0 Å². The monoisotopic (exact) mass is 283 g/mol. The van der Waals surface area contributed by atoms with Gasteiger partial charge in [-0.05, 0) is 44.0 Å². The third-order valence-electron chi connectivity index (χ3n) is 2.78.